The Balaban J connectivity index is 1.62. The number of aryl methyl sites for hydroxylation is 1. The SMILES string of the molecule is CCc1nccc(-c2c[nH]c(=O)c(NC3CN(C(=O)/C=C/CN(C)C)C3)c2)n1. The van der Waals surface area contributed by atoms with Crippen molar-refractivity contribution in [3.63, 3.8) is 0 Å². The van der Waals surface area contributed by atoms with Gasteiger partial charge in [0.25, 0.3) is 5.56 Å². The molecule has 2 aromatic rings. The van der Waals surface area contributed by atoms with Crippen LogP contribution in [0.1, 0.15) is 12.7 Å². The van der Waals surface area contributed by atoms with E-state index in [-0.39, 0.29) is 17.5 Å². The highest BCUT2D eigenvalue weighted by Crippen LogP contribution is 2.19. The third-order valence-corrected chi connectivity index (χ3v) is 4.50. The van der Waals surface area contributed by atoms with E-state index in [0.29, 0.717) is 18.8 Å². The molecule has 2 aromatic heterocycles. The molecule has 1 aliphatic rings. The van der Waals surface area contributed by atoms with Gasteiger partial charge in [-0.1, -0.05) is 13.0 Å². The number of aromatic amines is 1. The number of aromatic nitrogens is 3. The van der Waals surface area contributed by atoms with Crippen LogP contribution in [-0.4, -0.2) is 70.4 Å². The number of carbonyl (C=O) groups is 1. The average molecular weight is 382 g/mol. The Bertz CT molecular complexity index is 915. The number of likely N-dealkylation sites (N-methyl/N-ethyl adjacent to an activating group) is 1. The number of likely N-dealkylation sites (tertiary alicyclic amines) is 1. The lowest BCUT2D eigenvalue weighted by atomic mass is 10.1. The molecule has 0 aliphatic carbocycles. The van der Waals surface area contributed by atoms with E-state index >= 15 is 0 Å². The van der Waals surface area contributed by atoms with E-state index in [0.717, 1.165) is 30.0 Å². The number of amides is 1. The molecule has 0 unspecified atom stereocenters. The molecule has 148 valence electrons. The van der Waals surface area contributed by atoms with Gasteiger partial charge in [-0.15, -0.1) is 0 Å². The fourth-order valence-electron chi connectivity index (χ4n) is 2.91. The molecule has 0 saturated carbocycles. The summed E-state index contributed by atoms with van der Waals surface area (Å²) in [6, 6.07) is 3.67. The molecule has 0 radical (unpaired) electrons. The second-order valence-electron chi connectivity index (χ2n) is 7.09. The summed E-state index contributed by atoms with van der Waals surface area (Å²) in [7, 11) is 3.91. The number of H-pyrrole nitrogens is 1. The van der Waals surface area contributed by atoms with Crippen molar-refractivity contribution in [2.75, 3.05) is 39.0 Å². The van der Waals surface area contributed by atoms with Crippen LogP contribution in [0.3, 0.4) is 0 Å². The molecule has 0 aromatic carbocycles. The molecule has 0 spiro atoms. The first-order chi connectivity index (χ1) is 13.5. The molecule has 28 heavy (non-hydrogen) atoms. The predicted octanol–water partition coefficient (Wildman–Crippen LogP) is 1.13. The summed E-state index contributed by atoms with van der Waals surface area (Å²) in [4.78, 5) is 39.5. The summed E-state index contributed by atoms with van der Waals surface area (Å²) in [5.74, 6) is 0.754. The maximum Gasteiger partial charge on any atom is 0.271 e. The maximum absolute atomic E-state index is 12.2. The number of pyridine rings is 1. The first kappa shape index (κ1) is 19.8. The Kier molecular flexibility index (Phi) is 6.20. The quantitative estimate of drug-likeness (QED) is 0.698. The molecular formula is C20H26N6O2. The molecule has 8 nitrogen and oxygen atoms in total. The van der Waals surface area contributed by atoms with E-state index in [1.165, 1.54) is 0 Å². The highest BCUT2D eigenvalue weighted by molar-refractivity contribution is 5.88. The fourth-order valence-corrected chi connectivity index (χ4v) is 2.91. The van der Waals surface area contributed by atoms with Crippen molar-refractivity contribution in [3.05, 3.63) is 52.9 Å². The van der Waals surface area contributed by atoms with Gasteiger partial charge in [0.05, 0.1) is 11.7 Å². The Morgan fingerprint density at radius 2 is 2.21 bits per heavy atom. The molecule has 1 fully saturated rings. The zero-order chi connectivity index (χ0) is 20.1. The lowest BCUT2D eigenvalue weighted by molar-refractivity contribution is -0.129. The molecule has 1 aliphatic heterocycles. The van der Waals surface area contributed by atoms with E-state index < -0.39 is 0 Å². The standard InChI is InChI=1S/C20H26N6O2/c1-4-18-21-8-7-16(24-18)14-10-17(20(28)22-11-14)23-15-12-26(13-15)19(27)6-5-9-25(2)3/h5-8,10-11,15,23H,4,9,12-13H2,1-3H3,(H,22,28)/b6-5+. The van der Waals surface area contributed by atoms with Crippen LogP contribution in [0.4, 0.5) is 5.69 Å². The summed E-state index contributed by atoms with van der Waals surface area (Å²) in [6.45, 7) is 3.87. The maximum atomic E-state index is 12.2. The van der Waals surface area contributed by atoms with Crippen molar-refractivity contribution in [3.8, 4) is 11.3 Å². The third kappa shape index (κ3) is 4.83. The number of rotatable bonds is 7. The molecule has 3 rings (SSSR count). The minimum atomic E-state index is -0.191. The van der Waals surface area contributed by atoms with Crippen molar-refractivity contribution in [2.24, 2.45) is 0 Å². The van der Waals surface area contributed by atoms with Crippen LogP contribution in [-0.2, 0) is 11.2 Å². The Morgan fingerprint density at radius 3 is 2.93 bits per heavy atom. The van der Waals surface area contributed by atoms with E-state index in [1.807, 2.05) is 38.1 Å². The van der Waals surface area contributed by atoms with Crippen LogP contribution in [0.2, 0.25) is 0 Å². The van der Waals surface area contributed by atoms with Crippen LogP contribution in [0.25, 0.3) is 11.3 Å². The van der Waals surface area contributed by atoms with Gasteiger partial charge in [0, 0.05) is 50.1 Å². The number of hydrogen-bond donors (Lipinski definition) is 2. The van der Waals surface area contributed by atoms with Crippen molar-refractivity contribution in [1.82, 2.24) is 24.8 Å². The lowest BCUT2D eigenvalue weighted by Crippen LogP contribution is -2.57. The molecule has 8 heteroatoms. The summed E-state index contributed by atoms with van der Waals surface area (Å²) in [5.41, 5.74) is 1.87. The zero-order valence-corrected chi connectivity index (χ0v) is 16.5. The van der Waals surface area contributed by atoms with Crippen LogP contribution >= 0.6 is 0 Å². The average Bonchev–Trinajstić information content (AvgIpc) is 2.65. The number of carbonyl (C=O) groups excluding carboxylic acids is 1. The molecule has 1 saturated heterocycles. The van der Waals surface area contributed by atoms with E-state index in [4.69, 9.17) is 0 Å². The Morgan fingerprint density at radius 1 is 1.43 bits per heavy atom. The van der Waals surface area contributed by atoms with Gasteiger partial charge in [0.1, 0.15) is 11.5 Å². The monoisotopic (exact) mass is 382 g/mol. The molecule has 0 atom stereocenters. The van der Waals surface area contributed by atoms with Gasteiger partial charge >= 0.3 is 0 Å². The number of anilines is 1. The van der Waals surface area contributed by atoms with E-state index in [1.54, 1.807) is 29.4 Å². The molecule has 2 N–H and O–H groups in total. The lowest BCUT2D eigenvalue weighted by Gasteiger charge is -2.39. The van der Waals surface area contributed by atoms with E-state index in [9.17, 15) is 9.59 Å². The van der Waals surface area contributed by atoms with Crippen LogP contribution in [0.15, 0.2) is 41.5 Å². The number of hydrogen-bond acceptors (Lipinski definition) is 6. The van der Waals surface area contributed by atoms with Crippen LogP contribution < -0.4 is 10.9 Å². The second-order valence-corrected chi connectivity index (χ2v) is 7.09. The van der Waals surface area contributed by atoms with Gasteiger partial charge in [-0.25, -0.2) is 9.97 Å². The molecule has 3 heterocycles. The normalized spacial score (nSPS) is 14.5. The Hall–Kier alpha value is -3.00. The summed E-state index contributed by atoms with van der Waals surface area (Å²) >= 11 is 0. The minimum absolute atomic E-state index is 0.00404. The minimum Gasteiger partial charge on any atom is -0.374 e. The predicted molar refractivity (Wildman–Crippen MR) is 109 cm³/mol. The topological polar surface area (TPSA) is 94.2 Å². The highest BCUT2D eigenvalue weighted by atomic mass is 16.2. The summed E-state index contributed by atoms with van der Waals surface area (Å²) in [6.07, 6.45) is 7.57. The smallest absolute Gasteiger partial charge is 0.271 e. The summed E-state index contributed by atoms with van der Waals surface area (Å²) < 4.78 is 0. The van der Waals surface area contributed by atoms with Crippen molar-refractivity contribution in [1.29, 1.82) is 0 Å². The van der Waals surface area contributed by atoms with Crippen molar-refractivity contribution < 1.29 is 4.79 Å². The van der Waals surface area contributed by atoms with Crippen molar-refractivity contribution >= 4 is 11.6 Å². The molecule has 0 bridgehead atoms. The van der Waals surface area contributed by atoms with Gasteiger partial charge in [-0.05, 0) is 26.2 Å². The highest BCUT2D eigenvalue weighted by Gasteiger charge is 2.29. The largest absolute Gasteiger partial charge is 0.374 e. The zero-order valence-electron chi connectivity index (χ0n) is 16.5. The number of nitrogens with zero attached hydrogens (tertiary/aromatic N) is 4. The van der Waals surface area contributed by atoms with Gasteiger partial charge in [0.2, 0.25) is 5.91 Å². The molecule has 1 amide bonds. The van der Waals surface area contributed by atoms with E-state index in [2.05, 4.69) is 20.3 Å². The van der Waals surface area contributed by atoms with Gasteiger partial charge in [-0.3, -0.25) is 9.59 Å². The summed E-state index contributed by atoms with van der Waals surface area (Å²) in [5, 5.41) is 3.23. The van der Waals surface area contributed by atoms with Crippen LogP contribution in [0, 0.1) is 0 Å². The van der Waals surface area contributed by atoms with Gasteiger partial charge < -0.3 is 20.1 Å². The first-order valence-electron chi connectivity index (χ1n) is 9.38. The third-order valence-electron chi connectivity index (χ3n) is 4.50. The molecular weight excluding hydrogens is 356 g/mol. The second kappa shape index (κ2) is 8.79. The number of nitrogens with one attached hydrogen (secondary N) is 2. The van der Waals surface area contributed by atoms with Crippen LogP contribution in [0.5, 0.6) is 0 Å². The van der Waals surface area contributed by atoms with Crippen molar-refractivity contribution in [2.45, 2.75) is 19.4 Å². The fraction of sp³-hybridized carbons (Fsp3) is 0.400. The first-order valence-corrected chi connectivity index (χ1v) is 9.38. The Labute approximate surface area is 164 Å². The van der Waals surface area contributed by atoms with Gasteiger partial charge in [-0.2, -0.15) is 0 Å². The van der Waals surface area contributed by atoms with Gasteiger partial charge in [0.15, 0.2) is 0 Å².